The maximum atomic E-state index is 13.0. The maximum Gasteiger partial charge on any atom is 0.251 e. The summed E-state index contributed by atoms with van der Waals surface area (Å²) in [7, 11) is 6.22. The van der Waals surface area contributed by atoms with Gasteiger partial charge in [0.2, 0.25) is 0 Å². The maximum absolute atomic E-state index is 13.0. The summed E-state index contributed by atoms with van der Waals surface area (Å²) in [6.45, 7) is 15.1. The van der Waals surface area contributed by atoms with Crippen LogP contribution in [0.3, 0.4) is 0 Å². The van der Waals surface area contributed by atoms with Crippen molar-refractivity contribution in [2.24, 2.45) is 0 Å². The molecular weight excluding hydrogens is 1080 g/mol. The van der Waals surface area contributed by atoms with Crippen LogP contribution < -0.4 is 16.0 Å². The number of carbonyl (C=O) groups excluding carboxylic acids is 1. The van der Waals surface area contributed by atoms with Crippen molar-refractivity contribution in [1.29, 1.82) is 0 Å². The van der Waals surface area contributed by atoms with E-state index in [1.807, 2.05) is 106 Å². The molecule has 0 saturated carbocycles. The number of anilines is 2. The number of ether oxygens (including phenoxy) is 4. The number of nitrogens with zero attached hydrogens (tertiary/aromatic N) is 10. The molecule has 0 bridgehead atoms. The third-order valence-electron chi connectivity index (χ3n) is 14.8. The van der Waals surface area contributed by atoms with Crippen molar-refractivity contribution in [1.82, 2.24) is 54.7 Å². The molecule has 1 saturated heterocycles. The molecule has 3 N–H and O–H groups in total. The molecule has 0 aliphatic carbocycles. The lowest BCUT2D eigenvalue weighted by Gasteiger charge is -2.39. The second-order valence-electron chi connectivity index (χ2n) is 21.0. The number of fused-ring (bicyclic) bond motifs is 4. The Balaban J connectivity index is 0.591. The Morgan fingerprint density at radius 2 is 1.22 bits per heavy atom. The normalized spacial score (nSPS) is 14.2. The van der Waals surface area contributed by atoms with Gasteiger partial charge in [-0.25, -0.2) is 9.97 Å². The molecule has 0 unspecified atom stereocenters. The first-order chi connectivity index (χ1) is 40.0. The van der Waals surface area contributed by atoms with Crippen LogP contribution in [0, 0.1) is 6.92 Å². The lowest BCUT2D eigenvalue weighted by molar-refractivity contribution is -0.00296. The smallest absolute Gasteiger partial charge is 0.251 e. The molecular formula is C62H77Cl2N13O5. The molecule has 1 fully saturated rings. The molecule has 20 heteroatoms. The van der Waals surface area contributed by atoms with Crippen molar-refractivity contribution < 1.29 is 23.7 Å². The molecule has 1 aliphatic rings. The number of aryl methyl sites for hydroxylation is 1. The number of hydrogen-bond donors (Lipinski definition) is 3. The summed E-state index contributed by atoms with van der Waals surface area (Å²) in [5, 5.41) is 28.1. The molecule has 0 spiro atoms. The zero-order valence-corrected chi connectivity index (χ0v) is 49.3. The van der Waals surface area contributed by atoms with Gasteiger partial charge in [0.05, 0.1) is 77.0 Å². The van der Waals surface area contributed by atoms with Crippen LogP contribution in [-0.2, 0) is 25.5 Å². The third kappa shape index (κ3) is 16.4. The predicted molar refractivity (Wildman–Crippen MR) is 326 cm³/mol. The Morgan fingerprint density at radius 3 is 1.87 bits per heavy atom. The van der Waals surface area contributed by atoms with Crippen molar-refractivity contribution in [3.8, 4) is 0 Å². The molecule has 0 radical (unpaired) electrons. The number of piperazine rings is 1. The molecule has 82 heavy (non-hydrogen) atoms. The van der Waals surface area contributed by atoms with Gasteiger partial charge < -0.3 is 44.7 Å². The van der Waals surface area contributed by atoms with Crippen molar-refractivity contribution in [2.45, 2.75) is 44.9 Å². The van der Waals surface area contributed by atoms with Crippen LogP contribution in [0.5, 0.6) is 0 Å². The van der Waals surface area contributed by atoms with Crippen LogP contribution in [0.2, 0.25) is 10.0 Å². The fraction of sp³-hybridized carbons (Fsp3) is 0.419. The van der Waals surface area contributed by atoms with Gasteiger partial charge in [-0.15, -0.1) is 15.3 Å². The van der Waals surface area contributed by atoms with E-state index in [1.165, 1.54) is 11.1 Å². The number of rotatable bonds is 31. The summed E-state index contributed by atoms with van der Waals surface area (Å²) in [4.78, 5) is 32.5. The third-order valence-corrected chi connectivity index (χ3v) is 15.3. The molecule has 1 aliphatic heterocycles. The molecule has 18 nitrogen and oxygen atoms in total. The first kappa shape index (κ1) is 60.2. The molecule has 8 aromatic rings. The van der Waals surface area contributed by atoms with E-state index in [4.69, 9.17) is 57.2 Å². The Hall–Kier alpha value is -6.42. The number of nitrogens with one attached hydrogen (secondary N) is 3. The first-order valence-corrected chi connectivity index (χ1v) is 29.1. The lowest BCUT2D eigenvalue weighted by atomic mass is 9.96. The number of para-hydroxylation sites is 1. The lowest BCUT2D eigenvalue weighted by Crippen LogP contribution is -2.47. The van der Waals surface area contributed by atoms with Crippen molar-refractivity contribution in [2.75, 3.05) is 137 Å². The Bertz CT molecular complexity index is 3230. The van der Waals surface area contributed by atoms with Gasteiger partial charge in [0.25, 0.3) is 5.91 Å². The molecule has 2 atom stereocenters. The van der Waals surface area contributed by atoms with E-state index in [0.717, 1.165) is 118 Å². The summed E-state index contributed by atoms with van der Waals surface area (Å²) < 4.78 is 24.7. The second-order valence-corrected chi connectivity index (χ2v) is 21.8. The number of benzene rings is 5. The molecule has 1 amide bonds. The van der Waals surface area contributed by atoms with Gasteiger partial charge in [-0.1, -0.05) is 96.0 Å². The van der Waals surface area contributed by atoms with E-state index >= 15 is 0 Å². The van der Waals surface area contributed by atoms with Gasteiger partial charge in [-0.2, -0.15) is 4.52 Å². The van der Waals surface area contributed by atoms with Crippen LogP contribution in [-0.4, -0.2) is 188 Å². The van der Waals surface area contributed by atoms with Crippen molar-refractivity contribution in [3.63, 3.8) is 0 Å². The summed E-state index contributed by atoms with van der Waals surface area (Å²) >= 11 is 12.6. The van der Waals surface area contributed by atoms with Gasteiger partial charge in [-0.05, 0) is 113 Å². The number of carbonyl (C=O) groups is 1. The summed E-state index contributed by atoms with van der Waals surface area (Å²) in [6, 6.07) is 40.5. The van der Waals surface area contributed by atoms with E-state index < -0.39 is 0 Å². The predicted octanol–water partition coefficient (Wildman–Crippen LogP) is 9.08. The van der Waals surface area contributed by atoms with E-state index in [-0.39, 0.29) is 24.0 Å². The monoisotopic (exact) mass is 1150 g/mol. The fourth-order valence-electron chi connectivity index (χ4n) is 10.6. The highest BCUT2D eigenvalue weighted by molar-refractivity contribution is 6.30. The minimum absolute atomic E-state index is 0.00670. The summed E-state index contributed by atoms with van der Waals surface area (Å²) in [5.41, 5.74) is 5.76. The second kappa shape index (κ2) is 30.2. The highest BCUT2D eigenvalue weighted by Gasteiger charge is 2.28. The molecule has 9 rings (SSSR count). The summed E-state index contributed by atoms with van der Waals surface area (Å²) in [5.74, 6) is 3.03. The molecule has 4 heterocycles. The van der Waals surface area contributed by atoms with Gasteiger partial charge in [0.15, 0.2) is 17.3 Å². The number of aromatic nitrogens is 6. The van der Waals surface area contributed by atoms with Crippen LogP contribution >= 0.6 is 23.2 Å². The van der Waals surface area contributed by atoms with Crippen molar-refractivity contribution in [3.05, 3.63) is 165 Å². The minimum Gasteiger partial charge on any atom is -0.378 e. The number of likely N-dealkylation sites (N-methyl/N-ethyl adjacent to an activating group) is 2. The van der Waals surface area contributed by atoms with Gasteiger partial charge in [-0.3, -0.25) is 14.6 Å². The molecule has 434 valence electrons. The van der Waals surface area contributed by atoms with Gasteiger partial charge in [0, 0.05) is 83.6 Å². The van der Waals surface area contributed by atoms with Crippen LogP contribution in [0.1, 0.15) is 64.1 Å². The molecule has 3 aromatic heterocycles. The topological polar surface area (TPSA) is 172 Å². The number of hydrogen-bond acceptors (Lipinski definition) is 16. The number of amides is 1. The van der Waals surface area contributed by atoms with Gasteiger partial charge >= 0.3 is 0 Å². The van der Waals surface area contributed by atoms with E-state index in [9.17, 15) is 4.79 Å². The van der Waals surface area contributed by atoms with E-state index in [0.29, 0.717) is 71.5 Å². The van der Waals surface area contributed by atoms with Crippen LogP contribution in [0.25, 0.3) is 27.3 Å². The Morgan fingerprint density at radius 1 is 0.634 bits per heavy atom. The zero-order valence-electron chi connectivity index (χ0n) is 47.8. The number of halogens is 2. The zero-order chi connectivity index (χ0) is 57.2. The van der Waals surface area contributed by atoms with E-state index in [1.54, 1.807) is 4.52 Å². The largest absolute Gasteiger partial charge is 0.378 e. The minimum atomic E-state index is -0.151. The highest BCUT2D eigenvalue weighted by atomic mass is 35.5. The molecule has 5 aromatic carbocycles. The average Bonchev–Trinajstić information content (AvgIpc) is 4.00. The van der Waals surface area contributed by atoms with E-state index in [2.05, 4.69) is 96.1 Å². The fourth-order valence-corrected chi connectivity index (χ4v) is 10.8. The first-order valence-electron chi connectivity index (χ1n) is 28.4. The summed E-state index contributed by atoms with van der Waals surface area (Å²) in [6.07, 6.45) is 0.953. The highest BCUT2D eigenvalue weighted by Crippen LogP contribution is 2.33. The van der Waals surface area contributed by atoms with Crippen LogP contribution in [0.4, 0.5) is 11.6 Å². The Kier molecular flexibility index (Phi) is 22.2. The Labute approximate surface area is 491 Å². The average molecular weight is 1160 g/mol. The quantitative estimate of drug-likeness (QED) is 0.0351. The van der Waals surface area contributed by atoms with Gasteiger partial charge in [0.1, 0.15) is 11.6 Å². The van der Waals surface area contributed by atoms with Crippen molar-refractivity contribution >= 4 is 68.1 Å². The van der Waals surface area contributed by atoms with Crippen LogP contribution in [0.15, 0.2) is 121 Å². The SMILES string of the molecule is Cc1nnc2c3ccccc3c(N[C@H](C)[C@@H](c3ccc(C(=O)NCCOCCOCCOCCOCCN(C)CCCNc4nc(CN5CCN(C(c6ccc(Cl)cc6)c6ccc(Cl)cc6)CC5)nc5ccccc45)cc3)N(C)C)nn12. The standard InChI is InChI=1S/C62H77Cl2N13O5/c1-44(67-60-52-11-6-7-12-53(52)61-71-70-45(2)77(61)72-60)57(73(3)4)46-15-17-49(18-16-46)62(78)66-28-35-79-37-39-81-41-42-82-40-38-80-36-34-74(5)29-10-27-65-59-54-13-8-9-14-55(54)68-56(69-59)43-75-30-32-76(33-31-75)58(47-19-23-50(63)24-20-47)48-21-25-51(64)26-22-48/h6-9,11-26,44,57-58H,10,27-43H2,1-5H3,(H,66,78)(H,67,72)(H,65,68,69)/t44-,57+/m1/s1.